The second-order valence-electron chi connectivity index (χ2n) is 4.93. The van der Waals surface area contributed by atoms with Crippen LogP contribution in [-0.4, -0.2) is 23.4 Å². The van der Waals surface area contributed by atoms with Crippen molar-refractivity contribution in [3.63, 3.8) is 0 Å². The van der Waals surface area contributed by atoms with E-state index in [1.807, 2.05) is 37.8 Å². The topological polar surface area (TPSA) is 46.3 Å². The zero-order valence-electron chi connectivity index (χ0n) is 12.2. The van der Waals surface area contributed by atoms with Crippen LogP contribution in [0.15, 0.2) is 24.3 Å². The van der Waals surface area contributed by atoms with Crippen molar-refractivity contribution in [3.05, 3.63) is 35.4 Å². The molecule has 0 radical (unpaired) electrons. The summed E-state index contributed by atoms with van der Waals surface area (Å²) in [5.74, 6) is 0.00437. The Hall–Kier alpha value is -1.06. The lowest BCUT2D eigenvalue weighted by atomic mass is 10.0. The molecule has 1 aromatic rings. The number of aryl methyl sites for hydroxylation is 1. The molecule has 2 unspecified atom stereocenters. The number of amides is 1. The molecule has 1 aromatic carbocycles. The fourth-order valence-electron chi connectivity index (χ4n) is 1.85. The Morgan fingerprint density at radius 3 is 2.37 bits per heavy atom. The summed E-state index contributed by atoms with van der Waals surface area (Å²) in [5, 5.41) is 0. The van der Waals surface area contributed by atoms with Gasteiger partial charge in [-0.2, -0.15) is 0 Å². The summed E-state index contributed by atoms with van der Waals surface area (Å²) in [6, 6.07) is 8.06. The summed E-state index contributed by atoms with van der Waals surface area (Å²) < 4.78 is 0. The van der Waals surface area contributed by atoms with Gasteiger partial charge in [0.2, 0.25) is 5.91 Å². The molecule has 0 aliphatic heterocycles. The van der Waals surface area contributed by atoms with Crippen molar-refractivity contribution in [1.82, 2.24) is 4.90 Å². The van der Waals surface area contributed by atoms with Crippen molar-refractivity contribution < 1.29 is 4.79 Å². The number of carbonyl (C=O) groups excluding carboxylic acids is 1. The van der Waals surface area contributed by atoms with E-state index in [0.29, 0.717) is 13.1 Å². The highest BCUT2D eigenvalue weighted by atomic mass is 35.5. The minimum absolute atomic E-state index is 0. The van der Waals surface area contributed by atoms with Gasteiger partial charge in [0.25, 0.3) is 0 Å². The van der Waals surface area contributed by atoms with Crippen LogP contribution in [-0.2, 0) is 11.3 Å². The number of hydrogen-bond donors (Lipinski definition) is 1. The molecule has 0 saturated heterocycles. The van der Waals surface area contributed by atoms with Gasteiger partial charge in [0.05, 0.1) is 5.92 Å². The zero-order chi connectivity index (χ0) is 13.7. The Bertz CT molecular complexity index is 407. The number of nitrogens with two attached hydrogens (primary N) is 1. The molecule has 3 nitrogen and oxygen atoms in total. The van der Waals surface area contributed by atoms with E-state index in [1.54, 1.807) is 0 Å². The molecule has 0 saturated carbocycles. The normalized spacial score (nSPS) is 13.3. The van der Waals surface area contributed by atoms with Crippen LogP contribution in [0.1, 0.15) is 31.9 Å². The van der Waals surface area contributed by atoms with E-state index in [0.717, 1.165) is 0 Å². The average molecular weight is 285 g/mol. The maximum Gasteiger partial charge on any atom is 0.227 e. The second-order valence-corrected chi connectivity index (χ2v) is 4.93. The molecule has 0 fully saturated rings. The number of rotatable bonds is 5. The van der Waals surface area contributed by atoms with Crippen molar-refractivity contribution in [2.75, 3.05) is 6.54 Å². The molecule has 4 heteroatoms. The van der Waals surface area contributed by atoms with Crippen molar-refractivity contribution in [2.45, 2.75) is 40.3 Å². The molecule has 108 valence electrons. The minimum Gasteiger partial charge on any atom is -0.338 e. The molecule has 1 rings (SSSR count). The molecule has 0 bridgehead atoms. The van der Waals surface area contributed by atoms with Crippen LogP contribution in [0.4, 0.5) is 0 Å². The maximum absolute atomic E-state index is 12.3. The zero-order valence-corrected chi connectivity index (χ0v) is 13.0. The van der Waals surface area contributed by atoms with Crippen LogP contribution in [0.3, 0.4) is 0 Å². The quantitative estimate of drug-likeness (QED) is 0.904. The number of halogens is 1. The molecule has 2 atom stereocenters. The van der Waals surface area contributed by atoms with Gasteiger partial charge in [-0.05, 0) is 31.9 Å². The highest BCUT2D eigenvalue weighted by molar-refractivity contribution is 5.85. The van der Waals surface area contributed by atoms with Gasteiger partial charge in [-0.3, -0.25) is 4.79 Å². The Balaban J connectivity index is 0.00000324. The minimum atomic E-state index is -0.131. The monoisotopic (exact) mass is 284 g/mol. The van der Waals surface area contributed by atoms with Gasteiger partial charge in [0.15, 0.2) is 0 Å². The standard InChI is InChI=1S/C15H24N2O.ClH/c1-5-17(15(18)12(3)13(4)16)10-14-9-7-6-8-11(14)2;/h6-9,12-13H,5,10,16H2,1-4H3;1H. The Labute approximate surface area is 122 Å². The first-order valence-corrected chi connectivity index (χ1v) is 6.56. The van der Waals surface area contributed by atoms with Crippen molar-refractivity contribution in [3.8, 4) is 0 Å². The van der Waals surface area contributed by atoms with Gasteiger partial charge in [-0.1, -0.05) is 31.2 Å². The lowest BCUT2D eigenvalue weighted by Crippen LogP contribution is -2.41. The summed E-state index contributed by atoms with van der Waals surface area (Å²) in [4.78, 5) is 14.1. The van der Waals surface area contributed by atoms with Gasteiger partial charge in [-0.25, -0.2) is 0 Å². The van der Waals surface area contributed by atoms with E-state index in [2.05, 4.69) is 19.1 Å². The van der Waals surface area contributed by atoms with Crippen molar-refractivity contribution >= 4 is 18.3 Å². The SMILES string of the molecule is CCN(Cc1ccccc1C)C(=O)C(C)C(C)N.Cl. The predicted molar refractivity (Wildman–Crippen MR) is 82.3 cm³/mol. The van der Waals surface area contributed by atoms with E-state index >= 15 is 0 Å². The van der Waals surface area contributed by atoms with E-state index < -0.39 is 0 Å². The fourth-order valence-corrected chi connectivity index (χ4v) is 1.85. The lowest BCUT2D eigenvalue weighted by molar-refractivity contribution is -0.135. The van der Waals surface area contributed by atoms with E-state index in [9.17, 15) is 4.79 Å². The van der Waals surface area contributed by atoms with Crippen molar-refractivity contribution in [1.29, 1.82) is 0 Å². The molecule has 1 amide bonds. The summed E-state index contributed by atoms with van der Waals surface area (Å²) in [6.45, 7) is 9.23. The number of nitrogens with zero attached hydrogens (tertiary/aromatic N) is 1. The van der Waals surface area contributed by atoms with E-state index in [1.165, 1.54) is 11.1 Å². The van der Waals surface area contributed by atoms with Crippen LogP contribution < -0.4 is 5.73 Å². The first-order valence-electron chi connectivity index (χ1n) is 6.56. The first kappa shape index (κ1) is 17.9. The number of carbonyl (C=O) groups is 1. The van der Waals surface area contributed by atoms with Gasteiger partial charge >= 0.3 is 0 Å². The summed E-state index contributed by atoms with van der Waals surface area (Å²) >= 11 is 0. The molecule has 0 aromatic heterocycles. The number of benzene rings is 1. The summed E-state index contributed by atoms with van der Waals surface area (Å²) in [6.07, 6.45) is 0. The molecule has 0 heterocycles. The van der Waals surface area contributed by atoms with Gasteiger partial charge in [-0.15, -0.1) is 12.4 Å². The smallest absolute Gasteiger partial charge is 0.227 e. The Morgan fingerprint density at radius 1 is 1.32 bits per heavy atom. The first-order chi connectivity index (χ1) is 8.47. The third-order valence-electron chi connectivity index (χ3n) is 3.49. The highest BCUT2D eigenvalue weighted by Crippen LogP contribution is 2.13. The largest absolute Gasteiger partial charge is 0.338 e. The lowest BCUT2D eigenvalue weighted by Gasteiger charge is -2.26. The molecule has 2 N–H and O–H groups in total. The average Bonchev–Trinajstić information content (AvgIpc) is 2.36. The van der Waals surface area contributed by atoms with E-state index in [4.69, 9.17) is 5.73 Å². The molecule has 19 heavy (non-hydrogen) atoms. The second kappa shape index (κ2) is 8.18. The Kier molecular flexibility index (Phi) is 7.72. The number of hydrogen-bond acceptors (Lipinski definition) is 2. The maximum atomic E-state index is 12.3. The van der Waals surface area contributed by atoms with Crippen LogP contribution in [0.25, 0.3) is 0 Å². The fraction of sp³-hybridized carbons (Fsp3) is 0.533. The van der Waals surface area contributed by atoms with Gasteiger partial charge in [0.1, 0.15) is 0 Å². The van der Waals surface area contributed by atoms with Crippen LogP contribution >= 0.6 is 12.4 Å². The molecular formula is C15H25ClN2O. The summed E-state index contributed by atoms with van der Waals surface area (Å²) in [5.41, 5.74) is 8.22. The predicted octanol–water partition coefficient (Wildman–Crippen LogP) is 2.75. The van der Waals surface area contributed by atoms with Gasteiger partial charge in [0, 0.05) is 19.1 Å². The van der Waals surface area contributed by atoms with E-state index in [-0.39, 0.29) is 30.3 Å². The van der Waals surface area contributed by atoms with Crippen molar-refractivity contribution in [2.24, 2.45) is 11.7 Å². The molecule has 0 spiro atoms. The Morgan fingerprint density at radius 2 is 1.89 bits per heavy atom. The third-order valence-corrected chi connectivity index (χ3v) is 3.49. The molecular weight excluding hydrogens is 260 g/mol. The molecule has 0 aliphatic rings. The van der Waals surface area contributed by atoms with Gasteiger partial charge < -0.3 is 10.6 Å². The van der Waals surface area contributed by atoms with Crippen LogP contribution in [0, 0.1) is 12.8 Å². The van der Waals surface area contributed by atoms with Crippen LogP contribution in [0.5, 0.6) is 0 Å². The molecule has 0 aliphatic carbocycles. The highest BCUT2D eigenvalue weighted by Gasteiger charge is 2.22. The van der Waals surface area contributed by atoms with Crippen LogP contribution in [0.2, 0.25) is 0 Å². The summed E-state index contributed by atoms with van der Waals surface area (Å²) in [7, 11) is 0. The third kappa shape index (κ3) is 4.84.